The number of nitrogens with two attached hydrogens (primary N) is 1. The van der Waals surface area contributed by atoms with E-state index in [1.165, 1.54) is 6.92 Å². The van der Waals surface area contributed by atoms with Gasteiger partial charge in [0.2, 0.25) is 5.91 Å². The highest BCUT2D eigenvalue weighted by Gasteiger charge is 1.96. The van der Waals surface area contributed by atoms with Crippen molar-refractivity contribution in [2.75, 3.05) is 20.1 Å². The van der Waals surface area contributed by atoms with Crippen LogP contribution in [0.1, 0.15) is 6.92 Å². The first-order valence-corrected chi connectivity index (χ1v) is 2.60. The Morgan fingerprint density at radius 3 is 2.22 bits per heavy atom. The predicted octanol–water partition coefficient (Wildman–Crippen LogP) is -0.155. The minimum Gasteiger partial charge on any atom is -0.345 e. The molecular weight excluding hydrogens is 140 g/mol. The quantitative estimate of drug-likeness (QED) is 0.598. The Balaban J connectivity index is 0. The minimum absolute atomic E-state index is 0. The average molecular weight is 153 g/mol. The standard InChI is InChI=1S/C5H12N2O.ClH/c1-5(8)7(2)4-3-6;/h3-4,6H2,1-2H3;1H. The van der Waals surface area contributed by atoms with Crippen molar-refractivity contribution in [3.63, 3.8) is 0 Å². The number of hydrogen-bond acceptors (Lipinski definition) is 2. The van der Waals surface area contributed by atoms with Crippen LogP contribution in [-0.4, -0.2) is 30.9 Å². The van der Waals surface area contributed by atoms with Crippen molar-refractivity contribution in [1.29, 1.82) is 0 Å². The summed E-state index contributed by atoms with van der Waals surface area (Å²) in [6.45, 7) is 2.71. The molecule has 1 amide bonds. The molecule has 2 N–H and O–H groups in total. The van der Waals surface area contributed by atoms with Crippen molar-refractivity contribution in [3.8, 4) is 0 Å². The number of likely N-dealkylation sites (N-methyl/N-ethyl adjacent to an activating group) is 1. The third kappa shape index (κ3) is 5.59. The molecule has 0 saturated heterocycles. The topological polar surface area (TPSA) is 46.3 Å². The largest absolute Gasteiger partial charge is 0.345 e. The normalized spacial score (nSPS) is 7.89. The van der Waals surface area contributed by atoms with Gasteiger partial charge in [-0.3, -0.25) is 4.79 Å². The first-order chi connectivity index (χ1) is 3.68. The van der Waals surface area contributed by atoms with E-state index in [1.807, 2.05) is 0 Å². The van der Waals surface area contributed by atoms with Crippen LogP contribution in [-0.2, 0) is 4.79 Å². The van der Waals surface area contributed by atoms with E-state index in [9.17, 15) is 4.79 Å². The van der Waals surface area contributed by atoms with Gasteiger partial charge in [0.25, 0.3) is 0 Å². The van der Waals surface area contributed by atoms with E-state index in [2.05, 4.69) is 0 Å². The highest BCUT2D eigenvalue weighted by Crippen LogP contribution is 1.78. The number of rotatable bonds is 2. The molecule has 0 rings (SSSR count). The minimum atomic E-state index is 0. The second kappa shape index (κ2) is 5.85. The van der Waals surface area contributed by atoms with Gasteiger partial charge in [-0.1, -0.05) is 0 Å². The molecule has 0 aliphatic carbocycles. The first-order valence-electron chi connectivity index (χ1n) is 2.60. The van der Waals surface area contributed by atoms with Crippen molar-refractivity contribution in [2.45, 2.75) is 6.92 Å². The fourth-order valence-corrected chi connectivity index (χ4v) is 0.351. The lowest BCUT2D eigenvalue weighted by Crippen LogP contribution is -2.29. The Labute approximate surface area is 61.6 Å². The number of hydrogen-bond donors (Lipinski definition) is 1. The summed E-state index contributed by atoms with van der Waals surface area (Å²) in [5.74, 6) is 0.0652. The number of amides is 1. The number of nitrogens with zero attached hydrogens (tertiary/aromatic N) is 1. The lowest BCUT2D eigenvalue weighted by atomic mass is 10.5. The molecule has 56 valence electrons. The lowest BCUT2D eigenvalue weighted by molar-refractivity contribution is -0.127. The molecule has 0 heterocycles. The molecule has 0 aromatic carbocycles. The van der Waals surface area contributed by atoms with Crippen LogP contribution in [0, 0.1) is 0 Å². The molecule has 0 unspecified atom stereocenters. The van der Waals surface area contributed by atoms with Crippen LogP contribution in [0.5, 0.6) is 0 Å². The number of halogens is 1. The molecular formula is C5H13ClN2O. The molecule has 0 saturated carbocycles. The zero-order valence-electron chi connectivity index (χ0n) is 5.76. The van der Waals surface area contributed by atoms with Crippen molar-refractivity contribution < 1.29 is 4.79 Å². The molecule has 0 aromatic rings. The van der Waals surface area contributed by atoms with Crippen molar-refractivity contribution in [3.05, 3.63) is 0 Å². The fraction of sp³-hybridized carbons (Fsp3) is 0.800. The van der Waals surface area contributed by atoms with Gasteiger partial charge < -0.3 is 10.6 Å². The van der Waals surface area contributed by atoms with E-state index in [4.69, 9.17) is 5.73 Å². The van der Waals surface area contributed by atoms with Gasteiger partial charge in [0.15, 0.2) is 0 Å². The zero-order chi connectivity index (χ0) is 6.57. The summed E-state index contributed by atoms with van der Waals surface area (Å²) in [5.41, 5.74) is 5.17. The first kappa shape index (κ1) is 11.5. The summed E-state index contributed by atoms with van der Waals surface area (Å²) in [6, 6.07) is 0. The van der Waals surface area contributed by atoms with E-state index in [0.717, 1.165) is 0 Å². The summed E-state index contributed by atoms with van der Waals surface area (Å²) in [6.07, 6.45) is 0. The maximum absolute atomic E-state index is 10.4. The van der Waals surface area contributed by atoms with Gasteiger partial charge in [0.1, 0.15) is 0 Å². The smallest absolute Gasteiger partial charge is 0.219 e. The van der Waals surface area contributed by atoms with Crippen LogP contribution in [0.3, 0.4) is 0 Å². The molecule has 0 atom stereocenters. The van der Waals surface area contributed by atoms with Crippen molar-refractivity contribution in [2.24, 2.45) is 5.73 Å². The summed E-state index contributed by atoms with van der Waals surface area (Å²) in [7, 11) is 1.73. The van der Waals surface area contributed by atoms with Gasteiger partial charge in [-0.05, 0) is 0 Å². The van der Waals surface area contributed by atoms with Gasteiger partial charge in [0.05, 0.1) is 0 Å². The van der Waals surface area contributed by atoms with E-state index < -0.39 is 0 Å². The predicted molar refractivity (Wildman–Crippen MR) is 39.6 cm³/mol. The second-order valence-corrected chi connectivity index (χ2v) is 1.73. The maximum Gasteiger partial charge on any atom is 0.219 e. The van der Waals surface area contributed by atoms with Crippen LogP contribution < -0.4 is 5.73 Å². The summed E-state index contributed by atoms with van der Waals surface area (Å²) in [4.78, 5) is 12.0. The Morgan fingerprint density at radius 1 is 1.67 bits per heavy atom. The van der Waals surface area contributed by atoms with Crippen LogP contribution in [0.2, 0.25) is 0 Å². The highest BCUT2D eigenvalue weighted by atomic mass is 35.5. The molecule has 0 bridgehead atoms. The van der Waals surface area contributed by atoms with Gasteiger partial charge in [0, 0.05) is 27.1 Å². The molecule has 0 aromatic heterocycles. The molecule has 0 fully saturated rings. The fourth-order valence-electron chi connectivity index (χ4n) is 0.351. The van der Waals surface area contributed by atoms with Crippen LogP contribution in [0.4, 0.5) is 0 Å². The SMILES string of the molecule is CC(=O)N(C)CCN.Cl. The monoisotopic (exact) mass is 152 g/mol. The molecule has 0 aliphatic rings. The number of carbonyl (C=O) groups excluding carboxylic acids is 1. The molecule has 4 heteroatoms. The van der Waals surface area contributed by atoms with Crippen LogP contribution >= 0.6 is 12.4 Å². The Hall–Kier alpha value is -0.280. The highest BCUT2D eigenvalue weighted by molar-refractivity contribution is 5.85. The van der Waals surface area contributed by atoms with E-state index in [0.29, 0.717) is 13.1 Å². The average Bonchev–Trinajstić information content (AvgIpc) is 1.67. The molecule has 0 radical (unpaired) electrons. The van der Waals surface area contributed by atoms with Gasteiger partial charge in [-0.15, -0.1) is 12.4 Å². The second-order valence-electron chi connectivity index (χ2n) is 1.73. The Morgan fingerprint density at radius 2 is 2.11 bits per heavy atom. The summed E-state index contributed by atoms with van der Waals surface area (Å²) >= 11 is 0. The molecule has 0 aliphatic heterocycles. The van der Waals surface area contributed by atoms with Crippen molar-refractivity contribution in [1.82, 2.24) is 4.90 Å². The third-order valence-corrected chi connectivity index (χ3v) is 1.00. The van der Waals surface area contributed by atoms with Crippen LogP contribution in [0.15, 0.2) is 0 Å². The van der Waals surface area contributed by atoms with E-state index in [-0.39, 0.29) is 18.3 Å². The summed E-state index contributed by atoms with van der Waals surface area (Å²) < 4.78 is 0. The molecule has 3 nitrogen and oxygen atoms in total. The Bertz CT molecular complexity index is 87.0. The zero-order valence-corrected chi connectivity index (χ0v) is 6.57. The summed E-state index contributed by atoms with van der Waals surface area (Å²) in [5, 5.41) is 0. The van der Waals surface area contributed by atoms with Gasteiger partial charge in [-0.25, -0.2) is 0 Å². The Kier molecular flexibility index (Phi) is 7.48. The lowest BCUT2D eigenvalue weighted by Gasteiger charge is -2.11. The number of carbonyl (C=O) groups is 1. The molecule has 0 spiro atoms. The van der Waals surface area contributed by atoms with Gasteiger partial charge >= 0.3 is 0 Å². The van der Waals surface area contributed by atoms with E-state index >= 15 is 0 Å². The van der Waals surface area contributed by atoms with E-state index in [1.54, 1.807) is 11.9 Å². The third-order valence-electron chi connectivity index (χ3n) is 1.00. The van der Waals surface area contributed by atoms with Crippen molar-refractivity contribution >= 4 is 18.3 Å². The van der Waals surface area contributed by atoms with Gasteiger partial charge in [-0.2, -0.15) is 0 Å². The maximum atomic E-state index is 10.4. The van der Waals surface area contributed by atoms with Crippen LogP contribution in [0.25, 0.3) is 0 Å². The molecule has 9 heavy (non-hydrogen) atoms.